The van der Waals surface area contributed by atoms with Gasteiger partial charge in [0.1, 0.15) is 22.5 Å². The molecule has 162 valence electrons. The van der Waals surface area contributed by atoms with Gasteiger partial charge in [0.2, 0.25) is 5.95 Å². The summed E-state index contributed by atoms with van der Waals surface area (Å²) in [5.41, 5.74) is 6.52. The molecule has 3 rings (SSSR count). The summed E-state index contributed by atoms with van der Waals surface area (Å²) in [6.07, 6.45) is 1.52. The highest BCUT2D eigenvalue weighted by atomic mass is 35.5. The summed E-state index contributed by atoms with van der Waals surface area (Å²) in [6, 6.07) is 9.51. The van der Waals surface area contributed by atoms with Gasteiger partial charge in [-0.05, 0) is 25.1 Å². The molecule has 0 saturated heterocycles. The van der Waals surface area contributed by atoms with Crippen LogP contribution in [0.2, 0.25) is 5.15 Å². The first-order valence-electron chi connectivity index (χ1n) is 9.52. The number of hydrogen-bond acceptors (Lipinski definition) is 8. The number of halogens is 2. The number of nitrogens with two attached hydrogens (primary N) is 1. The van der Waals surface area contributed by atoms with Gasteiger partial charge < -0.3 is 21.1 Å². The number of anilines is 4. The van der Waals surface area contributed by atoms with Crippen LogP contribution in [-0.2, 0) is 0 Å². The van der Waals surface area contributed by atoms with Gasteiger partial charge in [-0.1, -0.05) is 25.4 Å². The topological polar surface area (TPSA) is 122 Å². The van der Waals surface area contributed by atoms with Crippen molar-refractivity contribution in [2.75, 3.05) is 23.4 Å². The van der Waals surface area contributed by atoms with E-state index in [9.17, 15) is 9.65 Å². The Morgan fingerprint density at radius 1 is 1.19 bits per heavy atom. The van der Waals surface area contributed by atoms with E-state index in [0.29, 0.717) is 28.6 Å². The maximum absolute atomic E-state index is 14.6. The summed E-state index contributed by atoms with van der Waals surface area (Å²) < 4.78 is 20.4. The Morgan fingerprint density at radius 3 is 2.55 bits per heavy atom. The Morgan fingerprint density at radius 2 is 1.94 bits per heavy atom. The summed E-state index contributed by atoms with van der Waals surface area (Å²) in [7, 11) is 1.69. The molecule has 4 N–H and O–H groups in total. The van der Waals surface area contributed by atoms with E-state index < -0.39 is 11.7 Å². The Kier molecular flexibility index (Phi) is 8.34. The molecule has 0 radical (unpaired) electrons. The number of nitriles is 1. The molecule has 1 atom stereocenters. The van der Waals surface area contributed by atoms with Crippen LogP contribution in [-0.4, -0.2) is 22.0 Å². The lowest BCUT2D eigenvalue weighted by atomic mass is 10.0. The first-order valence-corrected chi connectivity index (χ1v) is 9.89. The monoisotopic (exact) mass is 443 g/mol. The second kappa shape index (κ2) is 10.9. The lowest BCUT2D eigenvalue weighted by molar-refractivity contribution is 0.437. The molecule has 0 fully saturated rings. The molecule has 2 heterocycles. The van der Waals surface area contributed by atoms with Crippen LogP contribution in [0.25, 0.3) is 0 Å². The van der Waals surface area contributed by atoms with Gasteiger partial charge in [0.15, 0.2) is 11.6 Å². The molecule has 1 aromatic carbocycles. The van der Waals surface area contributed by atoms with Crippen molar-refractivity contribution in [3.63, 3.8) is 0 Å². The van der Waals surface area contributed by atoms with Crippen molar-refractivity contribution in [1.29, 1.82) is 5.26 Å². The van der Waals surface area contributed by atoms with Crippen molar-refractivity contribution in [1.82, 2.24) is 15.0 Å². The van der Waals surface area contributed by atoms with E-state index in [4.69, 9.17) is 22.1 Å². The molecule has 0 aliphatic heterocycles. The van der Waals surface area contributed by atoms with E-state index in [-0.39, 0.29) is 16.9 Å². The fraction of sp³-hybridized carbons (Fsp3) is 0.238. The Labute approximate surface area is 185 Å². The van der Waals surface area contributed by atoms with E-state index in [0.717, 1.165) is 0 Å². The van der Waals surface area contributed by atoms with Crippen LogP contribution in [0.15, 0.2) is 36.5 Å². The summed E-state index contributed by atoms with van der Waals surface area (Å²) in [6.45, 7) is 5.71. The third-order valence-electron chi connectivity index (χ3n) is 3.95. The van der Waals surface area contributed by atoms with Gasteiger partial charge in [-0.25, -0.2) is 14.4 Å². The van der Waals surface area contributed by atoms with Gasteiger partial charge in [-0.2, -0.15) is 10.2 Å². The molecule has 0 amide bonds. The Hall–Kier alpha value is -3.64. The zero-order valence-corrected chi connectivity index (χ0v) is 18.3. The van der Waals surface area contributed by atoms with E-state index in [1.165, 1.54) is 24.4 Å². The summed E-state index contributed by atoms with van der Waals surface area (Å²) in [5, 5.41) is 15.3. The molecule has 0 aliphatic carbocycles. The minimum Gasteiger partial charge on any atom is -0.454 e. The molecular weight excluding hydrogens is 421 g/mol. The average molecular weight is 444 g/mol. The lowest BCUT2D eigenvalue weighted by Gasteiger charge is -2.16. The van der Waals surface area contributed by atoms with Gasteiger partial charge in [0, 0.05) is 31.1 Å². The van der Waals surface area contributed by atoms with Crippen molar-refractivity contribution in [3.05, 3.63) is 53.1 Å². The van der Waals surface area contributed by atoms with E-state index in [1.54, 1.807) is 26.1 Å². The lowest BCUT2D eigenvalue weighted by Crippen LogP contribution is -2.04. The smallest absolute Gasteiger partial charge is 0.223 e. The maximum atomic E-state index is 14.6. The zero-order chi connectivity index (χ0) is 23.0. The zero-order valence-electron chi connectivity index (χ0n) is 17.6. The molecule has 8 nitrogen and oxygen atoms in total. The van der Waals surface area contributed by atoms with Crippen molar-refractivity contribution < 1.29 is 9.13 Å². The number of rotatable bonds is 6. The fourth-order valence-corrected chi connectivity index (χ4v) is 2.84. The SMILES string of the molecule is CC.CNc1nccc(Oc2ccc(Nc3cc(Cl)nc(N)n3)cc2F)c1C(C)C#N. The highest BCUT2D eigenvalue weighted by Crippen LogP contribution is 2.36. The van der Waals surface area contributed by atoms with Crippen LogP contribution in [0.5, 0.6) is 11.5 Å². The van der Waals surface area contributed by atoms with Crippen molar-refractivity contribution >= 4 is 34.9 Å². The van der Waals surface area contributed by atoms with Gasteiger partial charge in [-0.3, -0.25) is 0 Å². The fourth-order valence-electron chi connectivity index (χ4n) is 2.65. The normalized spacial score (nSPS) is 10.9. The average Bonchev–Trinajstić information content (AvgIpc) is 2.75. The van der Waals surface area contributed by atoms with Crippen molar-refractivity contribution in [2.45, 2.75) is 26.7 Å². The number of hydrogen-bond donors (Lipinski definition) is 3. The molecule has 0 bridgehead atoms. The molecule has 31 heavy (non-hydrogen) atoms. The van der Waals surface area contributed by atoms with Gasteiger partial charge in [0.05, 0.1) is 17.6 Å². The van der Waals surface area contributed by atoms with Gasteiger partial charge in [0.25, 0.3) is 0 Å². The number of benzene rings is 1. The Balaban J connectivity index is 0.00000166. The minimum atomic E-state index is -0.610. The minimum absolute atomic E-state index is 0.00223. The van der Waals surface area contributed by atoms with E-state index in [1.807, 2.05) is 13.8 Å². The van der Waals surface area contributed by atoms with Crippen LogP contribution >= 0.6 is 11.6 Å². The standard InChI is InChI=1S/C19H17ClFN7O.C2H6/c1-10(9-22)17-14(5-6-25-18(17)24-2)29-13-4-3-11(7-12(13)21)26-16-8-15(20)27-19(23)28-16;1-2/h3-8,10H,1-2H3,(H,24,25)(H3,23,26,27,28);1-2H3. The molecule has 10 heteroatoms. The molecule has 0 spiro atoms. The van der Waals surface area contributed by atoms with Gasteiger partial charge in [-0.15, -0.1) is 0 Å². The summed E-state index contributed by atoms with van der Waals surface area (Å²) in [4.78, 5) is 11.9. The molecule has 1 unspecified atom stereocenters. The predicted molar refractivity (Wildman–Crippen MR) is 120 cm³/mol. The first kappa shape index (κ1) is 23.6. The molecule has 2 aromatic heterocycles. The number of nitrogens with zero attached hydrogens (tertiary/aromatic N) is 4. The van der Waals surface area contributed by atoms with E-state index >= 15 is 0 Å². The molecule has 3 aromatic rings. The summed E-state index contributed by atoms with van der Waals surface area (Å²) >= 11 is 5.84. The number of ether oxygens (including phenoxy) is 1. The van der Waals surface area contributed by atoms with E-state index in [2.05, 4.69) is 31.7 Å². The number of aromatic nitrogens is 3. The highest BCUT2D eigenvalue weighted by Gasteiger charge is 2.18. The maximum Gasteiger partial charge on any atom is 0.223 e. The first-order chi connectivity index (χ1) is 14.9. The van der Waals surface area contributed by atoms with Crippen LogP contribution < -0.4 is 21.1 Å². The second-order valence-corrected chi connectivity index (χ2v) is 6.37. The van der Waals surface area contributed by atoms with Gasteiger partial charge >= 0.3 is 0 Å². The van der Waals surface area contributed by atoms with Crippen LogP contribution in [0.1, 0.15) is 32.3 Å². The third-order valence-corrected chi connectivity index (χ3v) is 4.14. The largest absolute Gasteiger partial charge is 0.454 e. The van der Waals surface area contributed by atoms with Crippen LogP contribution in [0.3, 0.4) is 0 Å². The number of nitrogen functional groups attached to an aromatic ring is 1. The quantitative estimate of drug-likeness (QED) is 0.428. The molecular formula is C21H23ClFN7O. The number of pyridine rings is 1. The van der Waals surface area contributed by atoms with Crippen LogP contribution in [0.4, 0.5) is 27.7 Å². The van der Waals surface area contributed by atoms with Crippen LogP contribution in [0, 0.1) is 17.1 Å². The van der Waals surface area contributed by atoms with Crippen molar-refractivity contribution in [2.24, 2.45) is 0 Å². The number of nitrogens with one attached hydrogen (secondary N) is 2. The second-order valence-electron chi connectivity index (χ2n) is 5.98. The third kappa shape index (κ3) is 5.93. The predicted octanol–water partition coefficient (Wildman–Crippen LogP) is 5.48. The Bertz CT molecular complexity index is 1070. The summed E-state index contributed by atoms with van der Waals surface area (Å²) in [5.74, 6) is 0.0444. The molecule has 0 aliphatic rings. The van der Waals surface area contributed by atoms with Crippen molar-refractivity contribution in [3.8, 4) is 17.6 Å². The highest BCUT2D eigenvalue weighted by molar-refractivity contribution is 6.29. The molecule has 0 saturated carbocycles.